The molecule has 4 aromatic rings. The van der Waals surface area contributed by atoms with Gasteiger partial charge in [0.25, 0.3) is 0 Å². The van der Waals surface area contributed by atoms with E-state index in [1.807, 2.05) is 37.3 Å². The molecule has 0 N–H and O–H groups in total. The molecule has 4 rings (SSSR count). The molecule has 0 spiro atoms. The van der Waals surface area contributed by atoms with Crippen LogP contribution in [0.5, 0.6) is 0 Å². The van der Waals surface area contributed by atoms with Crippen molar-refractivity contribution in [2.24, 2.45) is 0 Å². The second-order valence-electron chi connectivity index (χ2n) is 5.82. The lowest BCUT2D eigenvalue weighted by molar-refractivity contribution is 0.563. The Balaban J connectivity index is 1.97. The highest BCUT2D eigenvalue weighted by Gasteiger charge is 2.18. The van der Waals surface area contributed by atoms with Crippen molar-refractivity contribution in [3.05, 3.63) is 83.4 Å². The third kappa shape index (κ3) is 2.56. The maximum atomic E-state index is 12.3. The lowest BCUT2D eigenvalue weighted by atomic mass is 9.99. The third-order valence-electron chi connectivity index (χ3n) is 4.15. The molecule has 0 aliphatic heterocycles. The Hall–Kier alpha value is -2.44. The fourth-order valence-corrected chi connectivity index (χ4v) is 4.20. The van der Waals surface area contributed by atoms with Crippen LogP contribution in [-0.2, 0) is 11.0 Å². The van der Waals surface area contributed by atoms with Crippen molar-refractivity contribution < 1.29 is 8.76 Å². The average Bonchev–Trinajstić information content (AvgIpc) is 2.57. The number of benzene rings is 3. The van der Waals surface area contributed by atoms with Gasteiger partial charge < -0.3 is 0 Å². The van der Waals surface area contributed by atoms with Gasteiger partial charge in [0.15, 0.2) is 5.58 Å². The van der Waals surface area contributed by atoms with Crippen molar-refractivity contribution >= 4 is 29.1 Å². The van der Waals surface area contributed by atoms with Crippen LogP contribution in [0.1, 0.15) is 16.7 Å². The van der Waals surface area contributed by atoms with Gasteiger partial charge >= 0.3 is 7.65 Å². The smallest absolute Gasteiger partial charge is 0.249 e. The van der Waals surface area contributed by atoms with Crippen LogP contribution in [0, 0.1) is 6.92 Å². The highest BCUT2D eigenvalue weighted by molar-refractivity contribution is 7.37. The largest absolute Gasteiger partial charge is 0.597 e. The SMILES string of the molecule is Cc1cc(Cc2ccccc2)cc2c1o[p+](=O)c1ccccc21. The van der Waals surface area contributed by atoms with E-state index in [1.165, 1.54) is 11.1 Å². The first-order valence-electron chi connectivity index (χ1n) is 7.64. The van der Waals surface area contributed by atoms with Crippen LogP contribution < -0.4 is 0 Å². The zero-order valence-electron chi connectivity index (χ0n) is 12.8. The van der Waals surface area contributed by atoms with Crippen LogP contribution in [-0.4, -0.2) is 0 Å². The summed E-state index contributed by atoms with van der Waals surface area (Å²) < 4.78 is 18.0. The van der Waals surface area contributed by atoms with Crippen LogP contribution in [0.15, 0.2) is 70.9 Å². The molecule has 112 valence electrons. The average molecular weight is 319 g/mol. The summed E-state index contributed by atoms with van der Waals surface area (Å²) in [6.07, 6.45) is 0.878. The first-order valence-corrected chi connectivity index (χ1v) is 8.82. The molecule has 1 atom stereocenters. The highest BCUT2D eigenvalue weighted by atomic mass is 31.1. The van der Waals surface area contributed by atoms with E-state index in [2.05, 4.69) is 36.4 Å². The fourth-order valence-electron chi connectivity index (χ4n) is 3.10. The number of fused-ring (bicyclic) bond motifs is 3. The molecule has 0 bridgehead atoms. The van der Waals surface area contributed by atoms with Gasteiger partial charge in [-0.25, -0.2) is 4.20 Å². The van der Waals surface area contributed by atoms with E-state index in [-0.39, 0.29) is 0 Å². The highest BCUT2D eigenvalue weighted by Crippen LogP contribution is 2.37. The Morgan fingerprint density at radius 1 is 0.870 bits per heavy atom. The number of rotatable bonds is 2. The van der Waals surface area contributed by atoms with Gasteiger partial charge in [-0.15, -0.1) is 0 Å². The molecular formula is C20H16O2P+. The summed E-state index contributed by atoms with van der Waals surface area (Å²) in [6.45, 7) is 2.02. The molecule has 0 fully saturated rings. The van der Waals surface area contributed by atoms with E-state index in [4.69, 9.17) is 4.20 Å². The summed E-state index contributed by atoms with van der Waals surface area (Å²) in [5.41, 5.74) is 4.30. The summed E-state index contributed by atoms with van der Waals surface area (Å²) in [4.78, 5) is 0. The molecular weight excluding hydrogens is 303 g/mol. The van der Waals surface area contributed by atoms with Gasteiger partial charge in [0.1, 0.15) is 0 Å². The molecule has 1 unspecified atom stereocenters. The fraction of sp³-hybridized carbons (Fsp3) is 0.100. The van der Waals surface area contributed by atoms with Crippen LogP contribution >= 0.6 is 7.65 Å². The van der Waals surface area contributed by atoms with Gasteiger partial charge in [-0.2, -0.15) is 0 Å². The van der Waals surface area contributed by atoms with Gasteiger partial charge in [-0.1, -0.05) is 48.5 Å². The Labute approximate surface area is 135 Å². The Bertz CT molecular complexity index is 1070. The van der Waals surface area contributed by atoms with E-state index >= 15 is 0 Å². The van der Waals surface area contributed by atoms with Crippen molar-refractivity contribution in [2.45, 2.75) is 13.3 Å². The molecule has 2 nitrogen and oxygen atoms in total. The van der Waals surface area contributed by atoms with Crippen molar-refractivity contribution in [1.29, 1.82) is 0 Å². The second kappa shape index (κ2) is 5.64. The van der Waals surface area contributed by atoms with Crippen molar-refractivity contribution in [3.63, 3.8) is 0 Å². The molecule has 0 aliphatic rings. The number of hydrogen-bond acceptors (Lipinski definition) is 2. The van der Waals surface area contributed by atoms with Crippen molar-refractivity contribution in [3.8, 4) is 0 Å². The summed E-state index contributed by atoms with van der Waals surface area (Å²) in [6, 6.07) is 22.5. The summed E-state index contributed by atoms with van der Waals surface area (Å²) in [7, 11) is -1.82. The second-order valence-corrected chi connectivity index (χ2v) is 7.00. The molecule has 0 amide bonds. The Kier molecular flexibility index (Phi) is 3.48. The van der Waals surface area contributed by atoms with E-state index in [0.717, 1.165) is 33.5 Å². The molecule has 0 saturated heterocycles. The summed E-state index contributed by atoms with van der Waals surface area (Å²) >= 11 is 0. The lowest BCUT2D eigenvalue weighted by Crippen LogP contribution is -1.90. The van der Waals surface area contributed by atoms with E-state index in [9.17, 15) is 4.57 Å². The van der Waals surface area contributed by atoms with Gasteiger partial charge in [-0.05, 0) is 52.8 Å². The number of hydrogen-bond donors (Lipinski definition) is 0. The van der Waals surface area contributed by atoms with Gasteiger partial charge in [0, 0.05) is 10.8 Å². The van der Waals surface area contributed by atoms with Crippen molar-refractivity contribution in [2.75, 3.05) is 0 Å². The Morgan fingerprint density at radius 2 is 1.61 bits per heavy atom. The van der Waals surface area contributed by atoms with E-state index in [0.29, 0.717) is 0 Å². The van der Waals surface area contributed by atoms with Crippen LogP contribution in [0.4, 0.5) is 0 Å². The maximum Gasteiger partial charge on any atom is 0.597 e. The molecule has 3 heteroatoms. The van der Waals surface area contributed by atoms with E-state index in [1.54, 1.807) is 0 Å². The predicted octanol–water partition coefficient (Wildman–Crippen LogP) is 6.23. The third-order valence-corrected chi connectivity index (χ3v) is 5.28. The lowest BCUT2D eigenvalue weighted by Gasteiger charge is -2.06. The molecule has 1 heterocycles. The number of aryl methyl sites for hydroxylation is 1. The summed E-state index contributed by atoms with van der Waals surface area (Å²) in [5.74, 6) is 0. The Morgan fingerprint density at radius 3 is 2.43 bits per heavy atom. The first kappa shape index (κ1) is 14.2. The molecule has 3 aromatic carbocycles. The van der Waals surface area contributed by atoms with E-state index < -0.39 is 7.65 Å². The van der Waals surface area contributed by atoms with Gasteiger partial charge in [0.05, 0.1) is 0 Å². The minimum atomic E-state index is -1.82. The minimum Gasteiger partial charge on any atom is -0.249 e. The molecule has 1 aromatic heterocycles. The summed E-state index contributed by atoms with van der Waals surface area (Å²) in [5, 5.41) is 2.85. The quantitative estimate of drug-likeness (QED) is 0.410. The zero-order valence-corrected chi connectivity index (χ0v) is 13.7. The van der Waals surface area contributed by atoms with Gasteiger partial charge in [-0.3, -0.25) is 0 Å². The van der Waals surface area contributed by atoms with Crippen LogP contribution in [0.3, 0.4) is 0 Å². The standard InChI is InChI=1S/C20H16O2P/c1-14-11-16(12-15-7-3-2-4-8-15)13-18-17-9-5-6-10-19(17)23(21)22-20(14)18/h2-11,13H,12H2,1H3/q+1. The minimum absolute atomic E-state index is 0.752. The normalized spacial score (nSPS) is 12.0. The van der Waals surface area contributed by atoms with Crippen molar-refractivity contribution in [1.82, 2.24) is 0 Å². The molecule has 0 aliphatic carbocycles. The van der Waals surface area contributed by atoms with Crippen LogP contribution in [0.25, 0.3) is 21.5 Å². The predicted molar refractivity (Wildman–Crippen MR) is 95.3 cm³/mol. The molecule has 23 heavy (non-hydrogen) atoms. The topological polar surface area (TPSA) is 30.2 Å². The first-order chi connectivity index (χ1) is 11.2. The zero-order chi connectivity index (χ0) is 15.8. The van der Waals surface area contributed by atoms with Gasteiger partial charge in [0.2, 0.25) is 5.12 Å². The molecule has 0 radical (unpaired) electrons. The van der Waals surface area contributed by atoms with Crippen LogP contribution in [0.2, 0.25) is 0 Å². The monoisotopic (exact) mass is 319 g/mol. The maximum absolute atomic E-state index is 12.3. The molecule has 0 saturated carbocycles.